The Bertz CT molecular complexity index is 860. The third-order valence-corrected chi connectivity index (χ3v) is 3.95. The summed E-state index contributed by atoms with van der Waals surface area (Å²) < 4.78 is 0. The minimum atomic E-state index is -0.162. The molecule has 4 heteroatoms. The molecule has 0 heterocycles. The zero-order chi connectivity index (χ0) is 18.2. The number of anilines is 2. The van der Waals surface area contributed by atoms with Crippen LogP contribution in [-0.4, -0.2) is 11.8 Å². The summed E-state index contributed by atoms with van der Waals surface area (Å²) >= 11 is 0. The van der Waals surface area contributed by atoms with Gasteiger partial charge in [0.25, 0.3) is 5.91 Å². The predicted molar refractivity (Wildman–Crippen MR) is 104 cm³/mol. The minimum Gasteiger partial charge on any atom is -0.326 e. The summed E-state index contributed by atoms with van der Waals surface area (Å²) in [6.07, 6.45) is 1.13. The number of carbonyl (C=O) groups is 2. The zero-order valence-electron chi connectivity index (χ0n) is 14.3. The Balaban J connectivity index is 1.51. The van der Waals surface area contributed by atoms with Crippen molar-refractivity contribution in [1.29, 1.82) is 0 Å². The summed E-state index contributed by atoms with van der Waals surface area (Å²) in [5.41, 5.74) is 3.13. The Labute approximate surface area is 152 Å². The number of hydrogen-bond donors (Lipinski definition) is 2. The van der Waals surface area contributed by atoms with Crippen molar-refractivity contribution in [2.45, 2.75) is 12.8 Å². The van der Waals surface area contributed by atoms with Crippen molar-refractivity contribution in [2.75, 3.05) is 10.6 Å². The monoisotopic (exact) mass is 344 g/mol. The molecule has 0 aliphatic heterocycles. The number of aryl methyl sites for hydroxylation is 1. The minimum absolute atomic E-state index is 0.0325. The summed E-state index contributed by atoms with van der Waals surface area (Å²) in [5, 5.41) is 5.71. The van der Waals surface area contributed by atoms with E-state index in [1.807, 2.05) is 48.5 Å². The van der Waals surface area contributed by atoms with Crippen LogP contribution < -0.4 is 10.6 Å². The van der Waals surface area contributed by atoms with Crippen LogP contribution in [0.3, 0.4) is 0 Å². The Kier molecular flexibility index (Phi) is 5.78. The van der Waals surface area contributed by atoms with Crippen LogP contribution in [0.25, 0.3) is 0 Å². The molecule has 3 aromatic carbocycles. The SMILES string of the molecule is O=C(CCc1ccccc1)Nc1ccc(NC(=O)c2ccccc2)cc1. The first-order valence-corrected chi connectivity index (χ1v) is 8.51. The van der Waals surface area contributed by atoms with E-state index in [1.54, 1.807) is 36.4 Å². The summed E-state index contributed by atoms with van der Waals surface area (Å²) in [4.78, 5) is 24.2. The van der Waals surface area contributed by atoms with Crippen LogP contribution in [0.2, 0.25) is 0 Å². The van der Waals surface area contributed by atoms with Crippen molar-refractivity contribution in [2.24, 2.45) is 0 Å². The van der Waals surface area contributed by atoms with Crippen LogP contribution in [0.15, 0.2) is 84.9 Å². The van der Waals surface area contributed by atoms with Gasteiger partial charge in [0.15, 0.2) is 0 Å². The molecule has 0 aliphatic carbocycles. The highest BCUT2D eigenvalue weighted by Crippen LogP contribution is 2.15. The van der Waals surface area contributed by atoms with Crippen LogP contribution in [-0.2, 0) is 11.2 Å². The molecule has 130 valence electrons. The lowest BCUT2D eigenvalue weighted by molar-refractivity contribution is -0.116. The van der Waals surface area contributed by atoms with E-state index in [1.165, 1.54) is 0 Å². The number of amides is 2. The van der Waals surface area contributed by atoms with Crippen LogP contribution >= 0.6 is 0 Å². The van der Waals surface area contributed by atoms with E-state index in [-0.39, 0.29) is 11.8 Å². The van der Waals surface area contributed by atoms with Gasteiger partial charge in [-0.25, -0.2) is 0 Å². The van der Waals surface area contributed by atoms with E-state index in [4.69, 9.17) is 0 Å². The fourth-order valence-corrected chi connectivity index (χ4v) is 2.56. The van der Waals surface area contributed by atoms with Gasteiger partial charge < -0.3 is 10.6 Å². The van der Waals surface area contributed by atoms with Crippen molar-refractivity contribution in [3.05, 3.63) is 96.1 Å². The Morgan fingerprint density at radius 3 is 1.81 bits per heavy atom. The van der Waals surface area contributed by atoms with Gasteiger partial charge >= 0.3 is 0 Å². The Morgan fingerprint density at radius 2 is 1.19 bits per heavy atom. The van der Waals surface area contributed by atoms with E-state index in [0.717, 1.165) is 5.56 Å². The molecular weight excluding hydrogens is 324 g/mol. The molecule has 3 aromatic rings. The van der Waals surface area contributed by atoms with Crippen molar-refractivity contribution in [3.8, 4) is 0 Å². The smallest absolute Gasteiger partial charge is 0.255 e. The highest BCUT2D eigenvalue weighted by atomic mass is 16.2. The first kappa shape index (κ1) is 17.4. The van der Waals surface area contributed by atoms with Gasteiger partial charge in [0, 0.05) is 23.4 Å². The predicted octanol–water partition coefficient (Wildman–Crippen LogP) is 4.51. The molecule has 0 spiro atoms. The quantitative estimate of drug-likeness (QED) is 0.691. The number of hydrogen-bond acceptors (Lipinski definition) is 2. The average molecular weight is 344 g/mol. The summed E-state index contributed by atoms with van der Waals surface area (Å²) in [6, 6.07) is 26.1. The molecule has 0 bridgehead atoms. The topological polar surface area (TPSA) is 58.2 Å². The van der Waals surface area contributed by atoms with E-state index in [2.05, 4.69) is 10.6 Å². The maximum atomic E-state index is 12.1. The van der Waals surface area contributed by atoms with E-state index in [9.17, 15) is 9.59 Å². The fraction of sp³-hybridized carbons (Fsp3) is 0.0909. The standard InChI is InChI=1S/C22H20N2O2/c25-21(16-11-17-7-3-1-4-8-17)23-19-12-14-20(15-13-19)24-22(26)18-9-5-2-6-10-18/h1-10,12-15H,11,16H2,(H,23,25)(H,24,26). The second kappa shape index (κ2) is 8.62. The highest BCUT2D eigenvalue weighted by molar-refractivity contribution is 6.04. The molecule has 0 unspecified atom stereocenters. The Morgan fingerprint density at radius 1 is 0.654 bits per heavy atom. The van der Waals surface area contributed by atoms with Gasteiger partial charge in [-0.05, 0) is 48.4 Å². The van der Waals surface area contributed by atoms with Gasteiger partial charge in [0.2, 0.25) is 5.91 Å². The van der Waals surface area contributed by atoms with Crippen molar-refractivity contribution < 1.29 is 9.59 Å². The Hall–Kier alpha value is -3.40. The lowest BCUT2D eigenvalue weighted by Crippen LogP contribution is -2.13. The molecule has 26 heavy (non-hydrogen) atoms. The number of benzene rings is 3. The molecule has 0 fully saturated rings. The van der Waals surface area contributed by atoms with Gasteiger partial charge in [0.05, 0.1) is 0 Å². The maximum absolute atomic E-state index is 12.1. The molecule has 0 saturated carbocycles. The van der Waals surface area contributed by atoms with Crippen LogP contribution in [0.5, 0.6) is 0 Å². The number of carbonyl (C=O) groups excluding carboxylic acids is 2. The molecule has 0 aromatic heterocycles. The maximum Gasteiger partial charge on any atom is 0.255 e. The number of rotatable bonds is 6. The summed E-state index contributed by atoms with van der Waals surface area (Å²) in [7, 11) is 0. The van der Waals surface area contributed by atoms with Gasteiger partial charge in [-0.2, -0.15) is 0 Å². The second-order valence-corrected chi connectivity index (χ2v) is 5.93. The molecule has 0 atom stereocenters. The first-order chi connectivity index (χ1) is 12.7. The third kappa shape index (κ3) is 5.05. The van der Waals surface area contributed by atoms with E-state index < -0.39 is 0 Å². The molecule has 2 N–H and O–H groups in total. The fourth-order valence-electron chi connectivity index (χ4n) is 2.56. The van der Waals surface area contributed by atoms with E-state index in [0.29, 0.717) is 29.8 Å². The molecule has 4 nitrogen and oxygen atoms in total. The van der Waals surface area contributed by atoms with Crippen LogP contribution in [0.1, 0.15) is 22.3 Å². The van der Waals surface area contributed by atoms with Crippen LogP contribution in [0.4, 0.5) is 11.4 Å². The average Bonchev–Trinajstić information content (AvgIpc) is 2.69. The highest BCUT2D eigenvalue weighted by Gasteiger charge is 2.06. The molecule has 2 amide bonds. The van der Waals surface area contributed by atoms with Crippen molar-refractivity contribution >= 4 is 23.2 Å². The van der Waals surface area contributed by atoms with Crippen LogP contribution in [0, 0.1) is 0 Å². The first-order valence-electron chi connectivity index (χ1n) is 8.51. The molecule has 0 aliphatic rings. The normalized spacial score (nSPS) is 10.2. The zero-order valence-corrected chi connectivity index (χ0v) is 14.3. The molecule has 3 rings (SSSR count). The molecular formula is C22H20N2O2. The largest absolute Gasteiger partial charge is 0.326 e. The van der Waals surface area contributed by atoms with Crippen molar-refractivity contribution in [3.63, 3.8) is 0 Å². The lowest BCUT2D eigenvalue weighted by atomic mass is 10.1. The van der Waals surface area contributed by atoms with E-state index >= 15 is 0 Å². The summed E-state index contributed by atoms with van der Waals surface area (Å²) in [5.74, 6) is -0.194. The van der Waals surface area contributed by atoms with Gasteiger partial charge in [-0.1, -0.05) is 48.5 Å². The molecule has 0 radical (unpaired) electrons. The van der Waals surface area contributed by atoms with Gasteiger partial charge in [0.1, 0.15) is 0 Å². The summed E-state index contributed by atoms with van der Waals surface area (Å²) in [6.45, 7) is 0. The molecule has 0 saturated heterocycles. The lowest BCUT2D eigenvalue weighted by Gasteiger charge is -2.08. The van der Waals surface area contributed by atoms with Gasteiger partial charge in [-0.15, -0.1) is 0 Å². The van der Waals surface area contributed by atoms with Crippen molar-refractivity contribution in [1.82, 2.24) is 0 Å². The number of nitrogens with one attached hydrogen (secondary N) is 2. The van der Waals surface area contributed by atoms with Gasteiger partial charge in [-0.3, -0.25) is 9.59 Å². The third-order valence-electron chi connectivity index (χ3n) is 3.95. The second-order valence-electron chi connectivity index (χ2n) is 5.93.